The minimum atomic E-state index is 0.561. The third-order valence-corrected chi connectivity index (χ3v) is 4.34. The third kappa shape index (κ3) is 7.30. The van der Waals surface area contributed by atoms with Gasteiger partial charge in [0.2, 0.25) is 0 Å². The summed E-state index contributed by atoms with van der Waals surface area (Å²) in [6.07, 6.45) is 2.69. The summed E-state index contributed by atoms with van der Waals surface area (Å²) in [6, 6.07) is 24.2. The van der Waals surface area contributed by atoms with E-state index < -0.39 is 0 Å². The molecule has 0 fully saturated rings. The summed E-state index contributed by atoms with van der Waals surface area (Å²) in [6.45, 7) is 4.87. The van der Waals surface area contributed by atoms with Crippen LogP contribution < -0.4 is 15.4 Å². The van der Waals surface area contributed by atoms with Crippen molar-refractivity contribution in [2.24, 2.45) is 4.99 Å². The number of pyridine rings is 1. The normalized spacial score (nSPS) is 11.1. The van der Waals surface area contributed by atoms with E-state index in [0.29, 0.717) is 13.2 Å². The SMILES string of the molecule is CCNC(=NCc1ccc(COc2ccccc2)cc1)NCCc1ccccn1. The Hall–Kier alpha value is -3.34. The van der Waals surface area contributed by atoms with Crippen molar-refractivity contribution in [1.29, 1.82) is 0 Å². The number of aliphatic imine (C=N–C) groups is 1. The van der Waals surface area contributed by atoms with Crippen LogP contribution >= 0.6 is 0 Å². The Morgan fingerprint density at radius 2 is 1.66 bits per heavy atom. The van der Waals surface area contributed by atoms with Gasteiger partial charge in [0.25, 0.3) is 0 Å². The Kier molecular flexibility index (Phi) is 8.08. The maximum Gasteiger partial charge on any atom is 0.191 e. The van der Waals surface area contributed by atoms with Gasteiger partial charge < -0.3 is 15.4 Å². The maximum atomic E-state index is 5.79. The number of hydrogen-bond acceptors (Lipinski definition) is 3. The van der Waals surface area contributed by atoms with E-state index in [1.165, 1.54) is 0 Å². The molecular formula is C24H28N4O. The fraction of sp³-hybridized carbons (Fsp3) is 0.250. The van der Waals surface area contributed by atoms with E-state index in [-0.39, 0.29) is 0 Å². The number of rotatable bonds is 9. The van der Waals surface area contributed by atoms with Crippen molar-refractivity contribution < 1.29 is 4.74 Å². The molecule has 0 saturated carbocycles. The number of nitrogens with one attached hydrogen (secondary N) is 2. The monoisotopic (exact) mass is 388 g/mol. The highest BCUT2D eigenvalue weighted by atomic mass is 16.5. The van der Waals surface area contributed by atoms with Gasteiger partial charge in [0, 0.05) is 31.4 Å². The van der Waals surface area contributed by atoms with Gasteiger partial charge in [0.05, 0.1) is 6.54 Å². The van der Waals surface area contributed by atoms with Gasteiger partial charge in [0.15, 0.2) is 5.96 Å². The third-order valence-electron chi connectivity index (χ3n) is 4.34. The molecule has 3 rings (SSSR count). The van der Waals surface area contributed by atoms with Crippen LogP contribution in [0.5, 0.6) is 5.75 Å². The van der Waals surface area contributed by atoms with E-state index in [0.717, 1.165) is 48.0 Å². The second kappa shape index (κ2) is 11.5. The van der Waals surface area contributed by atoms with E-state index in [1.807, 2.05) is 54.7 Å². The predicted molar refractivity (Wildman–Crippen MR) is 118 cm³/mol. The first-order valence-corrected chi connectivity index (χ1v) is 10.0. The summed E-state index contributed by atoms with van der Waals surface area (Å²) >= 11 is 0. The van der Waals surface area contributed by atoms with Gasteiger partial charge >= 0.3 is 0 Å². The molecule has 5 heteroatoms. The van der Waals surface area contributed by atoms with Crippen molar-refractivity contribution in [3.63, 3.8) is 0 Å². The second-order valence-corrected chi connectivity index (χ2v) is 6.61. The topological polar surface area (TPSA) is 58.5 Å². The first kappa shape index (κ1) is 20.4. The minimum absolute atomic E-state index is 0.561. The van der Waals surface area contributed by atoms with Crippen molar-refractivity contribution in [2.45, 2.75) is 26.5 Å². The zero-order valence-electron chi connectivity index (χ0n) is 16.8. The maximum absolute atomic E-state index is 5.79. The molecule has 0 radical (unpaired) electrons. The Labute approximate surface area is 172 Å². The molecule has 0 spiro atoms. The van der Waals surface area contributed by atoms with E-state index in [2.05, 4.69) is 51.8 Å². The lowest BCUT2D eigenvalue weighted by Gasteiger charge is -2.11. The number of aromatic nitrogens is 1. The standard InChI is InChI=1S/C24H28N4O/c1-2-25-24(27-17-15-22-8-6-7-16-26-22)28-18-20-11-13-21(14-12-20)19-29-23-9-4-3-5-10-23/h3-14,16H,2,15,17-19H2,1H3,(H2,25,27,28). The summed E-state index contributed by atoms with van der Waals surface area (Å²) in [5.74, 6) is 1.70. The second-order valence-electron chi connectivity index (χ2n) is 6.61. The van der Waals surface area contributed by atoms with Gasteiger partial charge in [-0.25, -0.2) is 4.99 Å². The van der Waals surface area contributed by atoms with Gasteiger partial charge in [-0.15, -0.1) is 0 Å². The lowest BCUT2D eigenvalue weighted by molar-refractivity contribution is 0.306. The highest BCUT2D eigenvalue weighted by Gasteiger charge is 2.00. The van der Waals surface area contributed by atoms with Crippen LogP contribution in [0.1, 0.15) is 23.7 Å². The van der Waals surface area contributed by atoms with Crippen molar-refractivity contribution in [2.75, 3.05) is 13.1 Å². The molecule has 0 atom stereocenters. The van der Waals surface area contributed by atoms with Crippen LogP contribution in [-0.2, 0) is 19.6 Å². The van der Waals surface area contributed by atoms with Crippen LogP contribution in [-0.4, -0.2) is 24.0 Å². The molecule has 5 nitrogen and oxygen atoms in total. The summed E-state index contributed by atoms with van der Waals surface area (Å²) < 4.78 is 5.79. The summed E-state index contributed by atoms with van der Waals surface area (Å²) in [7, 11) is 0. The van der Waals surface area contributed by atoms with Crippen LogP contribution in [0.25, 0.3) is 0 Å². The molecule has 0 aliphatic carbocycles. The van der Waals surface area contributed by atoms with Gasteiger partial charge in [-0.2, -0.15) is 0 Å². The number of ether oxygens (including phenoxy) is 1. The van der Waals surface area contributed by atoms with Gasteiger partial charge in [-0.1, -0.05) is 48.5 Å². The number of nitrogens with zero attached hydrogens (tertiary/aromatic N) is 2. The minimum Gasteiger partial charge on any atom is -0.489 e. The summed E-state index contributed by atoms with van der Waals surface area (Å²) in [4.78, 5) is 9.03. The Morgan fingerprint density at radius 3 is 2.38 bits per heavy atom. The lowest BCUT2D eigenvalue weighted by atomic mass is 10.1. The molecule has 2 aromatic carbocycles. The smallest absolute Gasteiger partial charge is 0.191 e. The molecule has 29 heavy (non-hydrogen) atoms. The number of guanidine groups is 1. The Balaban J connectivity index is 1.48. The largest absolute Gasteiger partial charge is 0.489 e. The van der Waals surface area contributed by atoms with Crippen LogP contribution in [0, 0.1) is 0 Å². The highest BCUT2D eigenvalue weighted by molar-refractivity contribution is 5.79. The van der Waals surface area contributed by atoms with Crippen molar-refractivity contribution in [3.05, 3.63) is 95.8 Å². The molecule has 0 aliphatic rings. The average molecular weight is 389 g/mol. The quantitative estimate of drug-likeness (QED) is 0.430. The molecule has 2 N–H and O–H groups in total. The zero-order chi connectivity index (χ0) is 20.2. The molecule has 1 heterocycles. The Bertz CT molecular complexity index is 864. The average Bonchev–Trinajstić information content (AvgIpc) is 2.78. The first-order valence-electron chi connectivity index (χ1n) is 10.0. The lowest BCUT2D eigenvalue weighted by Crippen LogP contribution is -2.38. The van der Waals surface area contributed by atoms with Crippen LogP contribution in [0.15, 0.2) is 84.0 Å². The fourth-order valence-electron chi connectivity index (χ4n) is 2.79. The van der Waals surface area contributed by atoms with Crippen LogP contribution in [0.3, 0.4) is 0 Å². The molecule has 0 saturated heterocycles. The molecule has 0 unspecified atom stereocenters. The molecule has 0 aliphatic heterocycles. The fourth-order valence-corrected chi connectivity index (χ4v) is 2.79. The van der Waals surface area contributed by atoms with Gasteiger partial charge in [-0.3, -0.25) is 4.98 Å². The van der Waals surface area contributed by atoms with E-state index >= 15 is 0 Å². The molecule has 0 bridgehead atoms. The molecular weight excluding hydrogens is 360 g/mol. The van der Waals surface area contributed by atoms with E-state index in [1.54, 1.807) is 0 Å². The zero-order valence-corrected chi connectivity index (χ0v) is 16.8. The number of benzene rings is 2. The van der Waals surface area contributed by atoms with Crippen LogP contribution in [0.2, 0.25) is 0 Å². The Morgan fingerprint density at radius 1 is 0.897 bits per heavy atom. The number of para-hydroxylation sites is 1. The first-order chi connectivity index (χ1) is 14.3. The van der Waals surface area contributed by atoms with Gasteiger partial charge in [-0.05, 0) is 42.3 Å². The van der Waals surface area contributed by atoms with Crippen molar-refractivity contribution in [1.82, 2.24) is 15.6 Å². The van der Waals surface area contributed by atoms with E-state index in [4.69, 9.17) is 4.74 Å². The molecule has 1 aromatic heterocycles. The van der Waals surface area contributed by atoms with Crippen molar-refractivity contribution >= 4 is 5.96 Å². The highest BCUT2D eigenvalue weighted by Crippen LogP contribution is 2.12. The number of hydrogen-bond donors (Lipinski definition) is 2. The predicted octanol–water partition coefficient (Wildman–Crippen LogP) is 3.96. The molecule has 150 valence electrons. The van der Waals surface area contributed by atoms with Crippen LogP contribution in [0.4, 0.5) is 0 Å². The van der Waals surface area contributed by atoms with Gasteiger partial charge in [0.1, 0.15) is 12.4 Å². The molecule has 3 aromatic rings. The molecule has 0 amide bonds. The summed E-state index contributed by atoms with van der Waals surface area (Å²) in [5.41, 5.74) is 3.38. The van der Waals surface area contributed by atoms with E-state index in [9.17, 15) is 0 Å². The summed E-state index contributed by atoms with van der Waals surface area (Å²) in [5, 5.41) is 6.66. The van der Waals surface area contributed by atoms with Crippen molar-refractivity contribution in [3.8, 4) is 5.75 Å².